The molecule has 4 atom stereocenters. The summed E-state index contributed by atoms with van der Waals surface area (Å²) in [5.41, 5.74) is 4.77. The minimum absolute atomic E-state index is 0.1000. The van der Waals surface area contributed by atoms with Gasteiger partial charge in [0.2, 0.25) is 0 Å². The smallest absolute Gasteiger partial charge is 0.350 e. The molecule has 8 heteroatoms. The van der Waals surface area contributed by atoms with Crippen LogP contribution in [0.4, 0.5) is 5.82 Å². The molecule has 17 heavy (non-hydrogen) atoms. The van der Waals surface area contributed by atoms with Gasteiger partial charge in [0.05, 0.1) is 18.0 Å². The van der Waals surface area contributed by atoms with E-state index in [4.69, 9.17) is 10.8 Å². The van der Waals surface area contributed by atoms with Gasteiger partial charge in [0.25, 0.3) is 0 Å². The van der Waals surface area contributed by atoms with Crippen LogP contribution in [-0.4, -0.2) is 48.9 Å². The maximum absolute atomic E-state index is 11.6. The van der Waals surface area contributed by atoms with E-state index in [0.717, 1.165) is 11.8 Å². The summed E-state index contributed by atoms with van der Waals surface area (Å²) in [7, 11) is 0. The molecule has 1 fully saturated rings. The fraction of sp³-hybridized carbons (Fsp3) is 0.556. The molecule has 0 bridgehead atoms. The largest absolute Gasteiger partial charge is 0.395 e. The highest BCUT2D eigenvalue weighted by Gasteiger charge is 2.43. The highest BCUT2D eigenvalue weighted by atomic mass is 32.2. The van der Waals surface area contributed by atoms with E-state index in [1.54, 1.807) is 0 Å². The second-order valence-corrected chi connectivity index (χ2v) is 5.13. The number of hydrogen-bond acceptors (Lipinski definition) is 7. The molecule has 0 amide bonds. The van der Waals surface area contributed by atoms with Crippen molar-refractivity contribution >= 4 is 17.6 Å². The van der Waals surface area contributed by atoms with Crippen LogP contribution in [0.1, 0.15) is 5.37 Å². The Balaban J connectivity index is 2.32. The number of thioether (sulfide) groups is 1. The van der Waals surface area contributed by atoms with E-state index in [0.29, 0.717) is 0 Å². The van der Waals surface area contributed by atoms with Crippen LogP contribution in [0.25, 0.3) is 0 Å². The SMILES string of the molecule is Nc1ccn(C2S[C@H](CO)[C@@H](O)[C@H]2O)c(=O)n1. The molecule has 0 aliphatic carbocycles. The zero-order chi connectivity index (χ0) is 12.6. The second-order valence-electron chi connectivity index (χ2n) is 3.77. The minimum atomic E-state index is -1.12. The fourth-order valence-electron chi connectivity index (χ4n) is 1.73. The van der Waals surface area contributed by atoms with Crippen LogP contribution in [0.2, 0.25) is 0 Å². The Labute approximate surface area is 101 Å². The van der Waals surface area contributed by atoms with Crippen LogP contribution < -0.4 is 11.4 Å². The summed E-state index contributed by atoms with van der Waals surface area (Å²) in [6, 6.07) is 1.44. The number of anilines is 1. The van der Waals surface area contributed by atoms with Gasteiger partial charge in [-0.3, -0.25) is 4.57 Å². The fourth-order valence-corrected chi connectivity index (χ4v) is 3.11. The van der Waals surface area contributed by atoms with Gasteiger partial charge in [-0.05, 0) is 6.07 Å². The quantitative estimate of drug-likeness (QED) is 0.492. The molecule has 7 nitrogen and oxygen atoms in total. The number of nitrogen functional groups attached to an aromatic ring is 1. The van der Waals surface area contributed by atoms with Gasteiger partial charge in [0, 0.05) is 6.20 Å². The maximum Gasteiger partial charge on any atom is 0.350 e. The average molecular weight is 259 g/mol. The van der Waals surface area contributed by atoms with E-state index in [-0.39, 0.29) is 12.4 Å². The number of aromatic nitrogens is 2. The summed E-state index contributed by atoms with van der Waals surface area (Å²) in [6.07, 6.45) is -0.780. The first-order chi connectivity index (χ1) is 8.04. The molecule has 0 aromatic carbocycles. The van der Waals surface area contributed by atoms with Gasteiger partial charge in [-0.1, -0.05) is 0 Å². The van der Waals surface area contributed by atoms with E-state index in [9.17, 15) is 15.0 Å². The molecule has 2 heterocycles. The van der Waals surface area contributed by atoms with Crippen molar-refractivity contribution in [2.75, 3.05) is 12.3 Å². The molecule has 0 spiro atoms. The van der Waals surface area contributed by atoms with Crippen LogP contribution in [0.3, 0.4) is 0 Å². The van der Waals surface area contributed by atoms with Gasteiger partial charge in [-0.25, -0.2) is 4.79 Å². The van der Waals surface area contributed by atoms with Crippen LogP contribution >= 0.6 is 11.8 Å². The van der Waals surface area contributed by atoms with Crippen molar-refractivity contribution in [2.45, 2.75) is 22.8 Å². The van der Waals surface area contributed by atoms with E-state index < -0.39 is 28.5 Å². The third kappa shape index (κ3) is 2.16. The van der Waals surface area contributed by atoms with Crippen molar-refractivity contribution in [2.24, 2.45) is 0 Å². The monoisotopic (exact) mass is 259 g/mol. The third-order valence-corrected chi connectivity index (χ3v) is 4.21. The maximum atomic E-state index is 11.6. The van der Waals surface area contributed by atoms with E-state index in [2.05, 4.69) is 4.98 Å². The number of nitrogens with two attached hydrogens (primary N) is 1. The molecular weight excluding hydrogens is 246 g/mol. The lowest BCUT2D eigenvalue weighted by Crippen LogP contribution is -2.36. The van der Waals surface area contributed by atoms with Gasteiger partial charge in [-0.2, -0.15) is 4.98 Å². The van der Waals surface area contributed by atoms with Crippen molar-refractivity contribution < 1.29 is 15.3 Å². The number of hydrogen-bond donors (Lipinski definition) is 4. The number of rotatable bonds is 2. The van der Waals surface area contributed by atoms with Crippen LogP contribution in [0.15, 0.2) is 17.1 Å². The number of aliphatic hydroxyl groups is 3. The topological polar surface area (TPSA) is 122 Å². The lowest BCUT2D eigenvalue weighted by molar-refractivity contribution is 0.0101. The first-order valence-electron chi connectivity index (χ1n) is 5.01. The normalized spacial score (nSPS) is 32.9. The Bertz CT molecular complexity index is 466. The Morgan fingerprint density at radius 1 is 1.47 bits per heavy atom. The van der Waals surface area contributed by atoms with E-state index >= 15 is 0 Å². The Hall–Kier alpha value is -1.09. The third-order valence-electron chi connectivity index (χ3n) is 2.64. The van der Waals surface area contributed by atoms with Gasteiger partial charge in [0.15, 0.2) is 0 Å². The van der Waals surface area contributed by atoms with Gasteiger partial charge in [0.1, 0.15) is 17.3 Å². The molecule has 1 unspecified atom stereocenters. The molecule has 1 saturated heterocycles. The highest BCUT2D eigenvalue weighted by molar-refractivity contribution is 8.00. The standard InChI is InChI=1S/C9H13N3O4S/c10-5-1-2-12(9(16)11-5)8-7(15)6(14)4(3-13)17-8/h1-2,4,6-8,13-15H,3H2,(H2,10,11,16)/t4-,6-,7-,8?/m1/s1. The Morgan fingerprint density at radius 2 is 2.18 bits per heavy atom. The number of aliphatic hydroxyl groups excluding tert-OH is 3. The summed E-state index contributed by atoms with van der Waals surface area (Å²) in [5.74, 6) is 0.1000. The first kappa shape index (κ1) is 12.4. The lowest BCUT2D eigenvalue weighted by Gasteiger charge is -2.17. The molecule has 1 aromatic heterocycles. The highest BCUT2D eigenvalue weighted by Crippen LogP contribution is 2.40. The summed E-state index contributed by atoms with van der Waals surface area (Å²) < 4.78 is 1.20. The van der Waals surface area contributed by atoms with Crippen molar-refractivity contribution in [1.29, 1.82) is 0 Å². The summed E-state index contributed by atoms with van der Waals surface area (Å²) in [4.78, 5) is 15.1. The van der Waals surface area contributed by atoms with Crippen molar-refractivity contribution in [1.82, 2.24) is 9.55 Å². The molecule has 2 rings (SSSR count). The predicted molar refractivity (Wildman–Crippen MR) is 62.4 cm³/mol. The minimum Gasteiger partial charge on any atom is -0.395 e. The zero-order valence-corrected chi connectivity index (χ0v) is 9.62. The van der Waals surface area contributed by atoms with Crippen molar-refractivity contribution in [3.05, 3.63) is 22.7 Å². The van der Waals surface area contributed by atoms with E-state index in [1.165, 1.54) is 16.8 Å². The molecular formula is C9H13N3O4S. The van der Waals surface area contributed by atoms with Gasteiger partial charge >= 0.3 is 5.69 Å². The molecule has 1 aliphatic rings. The first-order valence-corrected chi connectivity index (χ1v) is 5.96. The molecule has 5 N–H and O–H groups in total. The van der Waals surface area contributed by atoms with Crippen LogP contribution in [-0.2, 0) is 0 Å². The molecule has 94 valence electrons. The number of nitrogens with zero attached hydrogens (tertiary/aromatic N) is 2. The van der Waals surface area contributed by atoms with Gasteiger partial charge in [-0.15, -0.1) is 11.8 Å². The zero-order valence-electron chi connectivity index (χ0n) is 8.80. The van der Waals surface area contributed by atoms with Crippen LogP contribution in [0, 0.1) is 0 Å². The van der Waals surface area contributed by atoms with Crippen molar-refractivity contribution in [3.8, 4) is 0 Å². The van der Waals surface area contributed by atoms with Crippen molar-refractivity contribution in [3.63, 3.8) is 0 Å². The predicted octanol–water partition coefficient (Wildman–Crippen LogP) is -1.85. The summed E-state index contributed by atoms with van der Waals surface area (Å²) >= 11 is 1.13. The Kier molecular flexibility index (Phi) is 3.38. The average Bonchev–Trinajstić information content (AvgIpc) is 2.57. The summed E-state index contributed by atoms with van der Waals surface area (Å²) in [6.45, 7) is -0.267. The molecule has 0 radical (unpaired) electrons. The second kappa shape index (κ2) is 4.65. The Morgan fingerprint density at radius 3 is 2.71 bits per heavy atom. The van der Waals surface area contributed by atoms with E-state index in [1.807, 2.05) is 0 Å². The molecule has 0 saturated carbocycles. The molecule has 1 aromatic rings. The van der Waals surface area contributed by atoms with Gasteiger partial charge < -0.3 is 21.1 Å². The lowest BCUT2D eigenvalue weighted by atomic mass is 10.1. The van der Waals surface area contributed by atoms with Crippen LogP contribution in [0.5, 0.6) is 0 Å². The summed E-state index contributed by atoms with van der Waals surface area (Å²) in [5, 5.41) is 27.3. The molecule has 1 aliphatic heterocycles.